The van der Waals surface area contributed by atoms with E-state index in [-0.39, 0.29) is 17.4 Å². The molecule has 3 heterocycles. The van der Waals surface area contributed by atoms with Crippen molar-refractivity contribution in [3.05, 3.63) is 47.5 Å². The van der Waals surface area contributed by atoms with Gasteiger partial charge in [0.2, 0.25) is 0 Å². The van der Waals surface area contributed by atoms with Crippen LogP contribution in [0.2, 0.25) is 0 Å². The number of aromatic amines is 2. The van der Waals surface area contributed by atoms with Crippen LogP contribution < -0.4 is 5.32 Å². The summed E-state index contributed by atoms with van der Waals surface area (Å²) in [5.41, 5.74) is 3.19. The maximum Gasteiger partial charge on any atom is 0.254 e. The fourth-order valence-corrected chi connectivity index (χ4v) is 4.36. The van der Waals surface area contributed by atoms with E-state index < -0.39 is 6.23 Å². The lowest BCUT2D eigenvalue weighted by Crippen LogP contribution is -2.18. The minimum Gasteiger partial charge on any atom is -0.506 e. The Labute approximate surface area is 150 Å². The van der Waals surface area contributed by atoms with E-state index in [1.807, 2.05) is 12.1 Å². The lowest BCUT2D eigenvalue weighted by molar-refractivity contribution is 0.0853. The van der Waals surface area contributed by atoms with Crippen LogP contribution in [-0.2, 0) is 0 Å². The number of aliphatic hydroxyl groups is 1. The highest BCUT2D eigenvalue weighted by Gasteiger charge is 2.35. The number of phenols is 2. The number of amides is 1. The fourth-order valence-electron chi connectivity index (χ4n) is 4.36. The first kappa shape index (κ1) is 14.5. The zero-order valence-electron chi connectivity index (χ0n) is 13.8. The molecule has 0 saturated carbocycles. The summed E-state index contributed by atoms with van der Waals surface area (Å²) in [4.78, 5) is 19.1. The minimum atomic E-state index is -1.15. The van der Waals surface area contributed by atoms with Crippen molar-refractivity contribution in [2.75, 3.05) is 0 Å². The molecule has 1 aliphatic heterocycles. The van der Waals surface area contributed by atoms with Crippen LogP contribution in [0.15, 0.2) is 36.4 Å². The number of fused-ring (bicyclic) bond motifs is 10. The van der Waals surface area contributed by atoms with Gasteiger partial charge in [0.05, 0.1) is 27.6 Å². The van der Waals surface area contributed by atoms with Crippen LogP contribution >= 0.6 is 0 Å². The van der Waals surface area contributed by atoms with Crippen LogP contribution in [0.4, 0.5) is 0 Å². The van der Waals surface area contributed by atoms with Gasteiger partial charge in [-0.1, -0.05) is 24.3 Å². The summed E-state index contributed by atoms with van der Waals surface area (Å²) in [6.45, 7) is 0. The number of benzene rings is 3. The molecule has 7 nitrogen and oxygen atoms in total. The Bertz CT molecular complexity index is 1460. The van der Waals surface area contributed by atoms with Crippen LogP contribution in [0.1, 0.15) is 22.1 Å². The number of hydrogen-bond acceptors (Lipinski definition) is 4. The summed E-state index contributed by atoms with van der Waals surface area (Å²) in [5, 5.41) is 36.3. The van der Waals surface area contributed by atoms with Crippen molar-refractivity contribution < 1.29 is 20.1 Å². The second-order valence-electron chi connectivity index (χ2n) is 6.81. The zero-order chi connectivity index (χ0) is 18.4. The average molecular weight is 359 g/mol. The molecule has 1 unspecified atom stereocenters. The summed E-state index contributed by atoms with van der Waals surface area (Å²) in [7, 11) is 0. The molecule has 1 amide bonds. The molecular formula is C20H13N3O4. The van der Waals surface area contributed by atoms with Crippen molar-refractivity contribution in [3.8, 4) is 11.5 Å². The monoisotopic (exact) mass is 359 g/mol. The van der Waals surface area contributed by atoms with Gasteiger partial charge in [-0.25, -0.2) is 0 Å². The molecule has 5 aromatic rings. The largest absolute Gasteiger partial charge is 0.506 e. The third-order valence-electron chi connectivity index (χ3n) is 5.43. The first-order chi connectivity index (χ1) is 13.1. The van der Waals surface area contributed by atoms with Crippen molar-refractivity contribution in [1.82, 2.24) is 15.3 Å². The summed E-state index contributed by atoms with van der Waals surface area (Å²) in [6.07, 6.45) is -1.15. The van der Waals surface area contributed by atoms with Gasteiger partial charge in [0, 0.05) is 27.1 Å². The summed E-state index contributed by atoms with van der Waals surface area (Å²) in [5.74, 6) is -0.219. The van der Waals surface area contributed by atoms with Crippen molar-refractivity contribution in [2.45, 2.75) is 6.23 Å². The smallest absolute Gasteiger partial charge is 0.254 e. The molecule has 0 bridgehead atoms. The van der Waals surface area contributed by atoms with Gasteiger partial charge in [-0.05, 0) is 12.1 Å². The van der Waals surface area contributed by atoms with E-state index in [4.69, 9.17) is 0 Å². The number of nitrogens with one attached hydrogen (secondary N) is 3. The quantitative estimate of drug-likeness (QED) is 0.254. The standard InChI is InChI=1S/C20H13N3O4/c24-9-5-1-3-7-11-13-14(20(27)23-19(13)26)12-8-4-2-6-10(25)16(8)22-18(12)17(11)21-15(7)9/h1-6,19,21-22,24-26H,(H,23,27). The number of aliphatic hydroxyl groups excluding tert-OH is 1. The maximum absolute atomic E-state index is 12.7. The van der Waals surface area contributed by atoms with Crippen molar-refractivity contribution in [1.29, 1.82) is 0 Å². The number of hydrogen-bond donors (Lipinski definition) is 6. The third-order valence-corrected chi connectivity index (χ3v) is 5.43. The van der Waals surface area contributed by atoms with Crippen LogP contribution in [0.5, 0.6) is 11.5 Å². The van der Waals surface area contributed by atoms with Crippen LogP contribution in [0.3, 0.4) is 0 Å². The number of phenolic OH excluding ortho intramolecular Hbond substituents is 2. The number of aromatic hydroxyl groups is 2. The number of para-hydroxylation sites is 2. The molecule has 27 heavy (non-hydrogen) atoms. The average Bonchev–Trinajstić information content (AvgIpc) is 3.28. The highest BCUT2D eigenvalue weighted by Crippen LogP contribution is 2.46. The Balaban J connectivity index is 2.01. The number of carbonyl (C=O) groups excluding carboxylic acids is 1. The van der Waals surface area contributed by atoms with Gasteiger partial charge in [0.15, 0.2) is 6.23 Å². The first-order valence-electron chi connectivity index (χ1n) is 8.47. The van der Waals surface area contributed by atoms with Gasteiger partial charge in [0.25, 0.3) is 5.91 Å². The van der Waals surface area contributed by atoms with Gasteiger partial charge < -0.3 is 30.6 Å². The maximum atomic E-state index is 12.7. The predicted molar refractivity (Wildman–Crippen MR) is 101 cm³/mol. The molecule has 0 saturated heterocycles. The fraction of sp³-hybridized carbons (Fsp3) is 0.0500. The molecule has 0 aliphatic carbocycles. The van der Waals surface area contributed by atoms with E-state index in [1.165, 1.54) is 0 Å². The van der Waals surface area contributed by atoms with Crippen LogP contribution in [-0.4, -0.2) is 31.2 Å². The Morgan fingerprint density at radius 3 is 1.96 bits per heavy atom. The van der Waals surface area contributed by atoms with Gasteiger partial charge in [-0.3, -0.25) is 4.79 Å². The number of rotatable bonds is 0. The summed E-state index contributed by atoms with van der Waals surface area (Å²) < 4.78 is 0. The van der Waals surface area contributed by atoms with Gasteiger partial charge in [-0.2, -0.15) is 0 Å². The van der Waals surface area contributed by atoms with E-state index in [1.54, 1.807) is 24.3 Å². The van der Waals surface area contributed by atoms with Crippen LogP contribution in [0.25, 0.3) is 43.6 Å². The molecule has 6 N–H and O–H groups in total. The number of carbonyl (C=O) groups is 1. The van der Waals surface area contributed by atoms with E-state index in [9.17, 15) is 20.1 Å². The third kappa shape index (κ3) is 1.58. The van der Waals surface area contributed by atoms with E-state index >= 15 is 0 Å². The first-order valence-corrected chi connectivity index (χ1v) is 8.47. The summed E-state index contributed by atoms with van der Waals surface area (Å²) >= 11 is 0. The van der Waals surface area contributed by atoms with Gasteiger partial charge >= 0.3 is 0 Å². The molecule has 132 valence electrons. The Morgan fingerprint density at radius 1 is 0.778 bits per heavy atom. The molecule has 1 aliphatic rings. The van der Waals surface area contributed by atoms with Gasteiger partial charge in [0.1, 0.15) is 11.5 Å². The number of H-pyrrole nitrogens is 2. The Hall–Kier alpha value is -3.71. The normalized spacial score (nSPS) is 16.6. The molecule has 0 spiro atoms. The zero-order valence-corrected chi connectivity index (χ0v) is 13.8. The number of aromatic nitrogens is 2. The molecule has 6 rings (SSSR count). The highest BCUT2D eigenvalue weighted by molar-refractivity contribution is 6.30. The molecule has 3 aromatic carbocycles. The minimum absolute atomic E-state index is 0.0727. The molecule has 0 radical (unpaired) electrons. The predicted octanol–water partition coefficient (Wildman–Crippen LogP) is 3.10. The van der Waals surface area contributed by atoms with Gasteiger partial charge in [-0.15, -0.1) is 0 Å². The van der Waals surface area contributed by atoms with E-state index in [0.29, 0.717) is 54.7 Å². The Morgan fingerprint density at radius 2 is 1.33 bits per heavy atom. The lowest BCUT2D eigenvalue weighted by atomic mass is 9.96. The van der Waals surface area contributed by atoms with Crippen molar-refractivity contribution in [3.63, 3.8) is 0 Å². The SMILES string of the molecule is O=C1NC(O)c2c1c1c3cccc(O)c3[nH]c1c1[nH]c3c(O)cccc3c21. The van der Waals surface area contributed by atoms with Crippen molar-refractivity contribution >= 4 is 49.5 Å². The molecule has 0 fully saturated rings. The van der Waals surface area contributed by atoms with E-state index in [0.717, 1.165) is 0 Å². The van der Waals surface area contributed by atoms with Crippen LogP contribution in [0, 0.1) is 0 Å². The highest BCUT2D eigenvalue weighted by atomic mass is 16.3. The van der Waals surface area contributed by atoms with E-state index in [2.05, 4.69) is 15.3 Å². The molecule has 1 atom stereocenters. The van der Waals surface area contributed by atoms with Crippen molar-refractivity contribution in [2.24, 2.45) is 0 Å². The second kappa shape index (κ2) is 4.52. The molecule has 7 heteroatoms. The topological polar surface area (TPSA) is 121 Å². The molecule has 2 aromatic heterocycles. The lowest BCUT2D eigenvalue weighted by Gasteiger charge is -2.07. The Kier molecular flexibility index (Phi) is 2.42. The second-order valence-corrected chi connectivity index (χ2v) is 6.81. The summed E-state index contributed by atoms with van der Waals surface area (Å²) in [6, 6.07) is 10.2. The molecular weight excluding hydrogens is 346 g/mol.